The maximum atomic E-state index is 12.2. The van der Waals surface area contributed by atoms with Gasteiger partial charge in [0, 0.05) is 18.3 Å². The summed E-state index contributed by atoms with van der Waals surface area (Å²) in [5.74, 6) is -0.540. The van der Waals surface area contributed by atoms with Gasteiger partial charge in [-0.15, -0.1) is 0 Å². The Balaban J connectivity index is 2.25. The maximum Gasteiger partial charge on any atom is 0.340 e. The molecular formula is C18H17NO3. The number of hydrogen-bond acceptors (Lipinski definition) is 4. The van der Waals surface area contributed by atoms with Crippen molar-refractivity contribution in [3.05, 3.63) is 71.3 Å². The lowest BCUT2D eigenvalue weighted by atomic mass is 9.89. The summed E-state index contributed by atoms with van der Waals surface area (Å²) in [6.07, 6.45) is 0. The Morgan fingerprint density at radius 2 is 1.73 bits per heavy atom. The molecule has 1 aliphatic rings. The second-order valence-electron chi connectivity index (χ2n) is 5.20. The van der Waals surface area contributed by atoms with Crippen molar-refractivity contribution in [2.45, 2.75) is 6.04 Å². The monoisotopic (exact) mass is 295 g/mol. The summed E-state index contributed by atoms with van der Waals surface area (Å²) in [5, 5.41) is 10.6. The molecule has 1 aliphatic heterocycles. The second-order valence-corrected chi connectivity index (χ2v) is 5.20. The van der Waals surface area contributed by atoms with Crippen molar-refractivity contribution < 1.29 is 14.6 Å². The fraction of sp³-hybridized carbons (Fsp3) is 0.167. The minimum Gasteiger partial charge on any atom is -0.507 e. The number of nitrogens with zero attached hydrogens (tertiary/aromatic N) is 1. The lowest BCUT2D eigenvalue weighted by Crippen LogP contribution is -2.33. The van der Waals surface area contributed by atoms with Gasteiger partial charge in [0.05, 0.1) is 13.2 Å². The maximum absolute atomic E-state index is 12.2. The van der Waals surface area contributed by atoms with Crippen molar-refractivity contribution in [1.29, 1.82) is 0 Å². The Morgan fingerprint density at radius 1 is 1.09 bits per heavy atom. The summed E-state index contributed by atoms with van der Waals surface area (Å²) in [5.41, 5.74) is 2.69. The minimum absolute atomic E-state index is 0.0191. The van der Waals surface area contributed by atoms with Gasteiger partial charge in [-0.2, -0.15) is 0 Å². The smallest absolute Gasteiger partial charge is 0.340 e. The molecule has 0 aromatic heterocycles. The third-order valence-electron chi connectivity index (χ3n) is 3.98. The van der Waals surface area contributed by atoms with E-state index in [4.69, 9.17) is 4.74 Å². The zero-order valence-corrected chi connectivity index (χ0v) is 12.5. The Bertz CT molecular complexity index is 737. The van der Waals surface area contributed by atoms with Crippen LogP contribution in [0.1, 0.15) is 17.2 Å². The Hall–Kier alpha value is -2.75. The van der Waals surface area contributed by atoms with Crippen LogP contribution in [0.5, 0.6) is 0 Å². The molecule has 2 aromatic rings. The minimum atomic E-state index is -0.521. The van der Waals surface area contributed by atoms with Gasteiger partial charge in [-0.3, -0.25) is 0 Å². The molecule has 0 spiro atoms. The van der Waals surface area contributed by atoms with Crippen LogP contribution in [0.15, 0.2) is 60.2 Å². The van der Waals surface area contributed by atoms with Crippen molar-refractivity contribution >= 4 is 17.4 Å². The highest BCUT2D eigenvalue weighted by Crippen LogP contribution is 2.43. The molecule has 0 saturated heterocycles. The Morgan fingerprint density at radius 3 is 2.41 bits per heavy atom. The number of fused-ring (bicyclic) bond motifs is 1. The normalized spacial score (nSPS) is 17.2. The van der Waals surface area contributed by atoms with Crippen LogP contribution in [0, 0.1) is 0 Å². The third kappa shape index (κ3) is 2.13. The van der Waals surface area contributed by atoms with Crippen LogP contribution in [0.4, 0.5) is 5.69 Å². The summed E-state index contributed by atoms with van der Waals surface area (Å²) in [4.78, 5) is 14.2. The van der Waals surface area contributed by atoms with Gasteiger partial charge in [0.25, 0.3) is 0 Å². The molecule has 0 amide bonds. The second kappa shape index (κ2) is 5.56. The molecule has 4 heteroatoms. The molecular weight excluding hydrogens is 278 g/mol. The van der Waals surface area contributed by atoms with Crippen LogP contribution in [0.25, 0.3) is 5.76 Å². The van der Waals surface area contributed by atoms with Crippen molar-refractivity contribution in [2.75, 3.05) is 19.1 Å². The number of hydrogen-bond donors (Lipinski definition) is 1. The molecule has 0 fully saturated rings. The molecule has 0 bridgehead atoms. The van der Waals surface area contributed by atoms with Crippen molar-refractivity contribution in [3.8, 4) is 0 Å². The summed E-state index contributed by atoms with van der Waals surface area (Å²) in [6, 6.07) is 16.7. The number of para-hydroxylation sites is 1. The topological polar surface area (TPSA) is 49.8 Å². The number of aliphatic hydroxyl groups is 1. The van der Waals surface area contributed by atoms with Crippen LogP contribution < -0.4 is 4.90 Å². The molecule has 1 atom stereocenters. The van der Waals surface area contributed by atoms with Gasteiger partial charge in [0.2, 0.25) is 0 Å². The zero-order chi connectivity index (χ0) is 15.7. The van der Waals surface area contributed by atoms with E-state index in [9.17, 15) is 9.90 Å². The third-order valence-corrected chi connectivity index (χ3v) is 3.98. The van der Waals surface area contributed by atoms with Crippen LogP contribution in [0.2, 0.25) is 0 Å². The number of anilines is 1. The highest BCUT2D eigenvalue weighted by molar-refractivity contribution is 6.01. The molecule has 0 aliphatic carbocycles. The molecule has 1 unspecified atom stereocenters. The van der Waals surface area contributed by atoms with Crippen molar-refractivity contribution in [3.63, 3.8) is 0 Å². The fourth-order valence-electron chi connectivity index (χ4n) is 2.93. The highest BCUT2D eigenvalue weighted by atomic mass is 16.5. The van der Waals surface area contributed by atoms with Crippen LogP contribution >= 0.6 is 0 Å². The van der Waals surface area contributed by atoms with Gasteiger partial charge in [-0.05, 0) is 17.7 Å². The van der Waals surface area contributed by atoms with E-state index in [1.807, 2.05) is 60.5 Å². The van der Waals surface area contributed by atoms with E-state index in [1.54, 1.807) is 6.07 Å². The van der Waals surface area contributed by atoms with Crippen LogP contribution in [0.3, 0.4) is 0 Å². The van der Waals surface area contributed by atoms with Gasteiger partial charge in [0.15, 0.2) is 0 Å². The molecule has 22 heavy (non-hydrogen) atoms. The predicted octanol–water partition coefficient (Wildman–Crippen LogP) is 3.32. The molecule has 2 aromatic carbocycles. The van der Waals surface area contributed by atoms with E-state index in [2.05, 4.69) is 0 Å². The van der Waals surface area contributed by atoms with E-state index in [0.29, 0.717) is 5.56 Å². The van der Waals surface area contributed by atoms with Gasteiger partial charge in [-0.25, -0.2) is 4.79 Å². The average Bonchev–Trinajstić information content (AvgIpc) is 2.58. The number of likely N-dealkylation sites (N-methyl/N-ethyl adjacent to an activating group) is 1. The van der Waals surface area contributed by atoms with Crippen LogP contribution in [-0.2, 0) is 9.53 Å². The molecule has 0 saturated carbocycles. The van der Waals surface area contributed by atoms with E-state index in [-0.39, 0.29) is 17.4 Å². The van der Waals surface area contributed by atoms with E-state index in [0.717, 1.165) is 11.3 Å². The van der Waals surface area contributed by atoms with Gasteiger partial charge >= 0.3 is 5.97 Å². The Kier molecular flexibility index (Phi) is 3.59. The van der Waals surface area contributed by atoms with E-state index in [1.165, 1.54) is 7.11 Å². The highest BCUT2D eigenvalue weighted by Gasteiger charge is 2.36. The van der Waals surface area contributed by atoms with Gasteiger partial charge in [-0.1, -0.05) is 42.5 Å². The van der Waals surface area contributed by atoms with Crippen molar-refractivity contribution in [2.24, 2.45) is 0 Å². The summed E-state index contributed by atoms with van der Waals surface area (Å²) in [7, 11) is 3.23. The van der Waals surface area contributed by atoms with Gasteiger partial charge < -0.3 is 14.7 Å². The quantitative estimate of drug-likeness (QED) is 0.864. The zero-order valence-electron chi connectivity index (χ0n) is 12.5. The number of aliphatic hydroxyl groups excluding tert-OH is 1. The molecule has 3 rings (SSSR count). The molecule has 1 heterocycles. The number of carbonyl (C=O) groups excluding carboxylic acids is 1. The SMILES string of the molecule is COC(=O)C1=C(O)c2ccccc2N(C)C1c1ccccc1. The van der Waals surface area contributed by atoms with E-state index < -0.39 is 5.97 Å². The first-order valence-corrected chi connectivity index (χ1v) is 7.03. The number of carbonyl (C=O) groups is 1. The summed E-state index contributed by atoms with van der Waals surface area (Å²) in [6.45, 7) is 0. The van der Waals surface area contributed by atoms with Crippen LogP contribution in [-0.4, -0.2) is 25.2 Å². The summed E-state index contributed by atoms with van der Waals surface area (Å²) >= 11 is 0. The van der Waals surface area contributed by atoms with Gasteiger partial charge in [0.1, 0.15) is 11.3 Å². The van der Waals surface area contributed by atoms with E-state index >= 15 is 0 Å². The largest absolute Gasteiger partial charge is 0.507 e. The number of benzene rings is 2. The number of ether oxygens (including phenoxy) is 1. The molecule has 1 N–H and O–H groups in total. The lowest BCUT2D eigenvalue weighted by molar-refractivity contribution is -0.136. The summed E-state index contributed by atoms with van der Waals surface area (Å²) < 4.78 is 4.89. The first-order chi connectivity index (χ1) is 10.6. The first kappa shape index (κ1) is 14.2. The van der Waals surface area contributed by atoms with Crippen molar-refractivity contribution in [1.82, 2.24) is 0 Å². The lowest BCUT2D eigenvalue weighted by Gasteiger charge is -2.36. The first-order valence-electron chi connectivity index (χ1n) is 7.03. The molecule has 0 radical (unpaired) electrons. The standard InChI is InChI=1S/C18H17NO3/c1-19-14-11-7-6-10-13(14)17(20)15(18(21)22-2)16(19)12-8-4-3-5-9-12/h3-11,16,20H,1-2H3. The number of methoxy groups -OCH3 is 1. The number of esters is 1. The average molecular weight is 295 g/mol. The predicted molar refractivity (Wildman–Crippen MR) is 85.6 cm³/mol. The fourth-order valence-corrected chi connectivity index (χ4v) is 2.93. The molecule has 4 nitrogen and oxygen atoms in total. The number of rotatable bonds is 2. The Labute approximate surface area is 129 Å². The molecule has 112 valence electrons.